The highest BCUT2D eigenvalue weighted by molar-refractivity contribution is 5.83. The lowest BCUT2D eigenvalue weighted by Crippen LogP contribution is -2.38. The highest BCUT2D eigenvalue weighted by Gasteiger charge is 2.13. The van der Waals surface area contributed by atoms with Crippen LogP contribution in [0.5, 0.6) is 5.75 Å². The third-order valence-electron chi connectivity index (χ3n) is 2.65. The van der Waals surface area contributed by atoms with E-state index in [0.29, 0.717) is 13.0 Å². The molecule has 0 unspecified atom stereocenters. The fourth-order valence-electron chi connectivity index (χ4n) is 1.51. The molecule has 0 bridgehead atoms. The molecule has 0 heterocycles. The number of hydrogen-bond donors (Lipinski definition) is 2. The van der Waals surface area contributed by atoms with Gasteiger partial charge in [-0.15, -0.1) is 0 Å². The third kappa shape index (κ3) is 5.42. The maximum atomic E-state index is 11.4. The molecule has 0 fully saturated rings. The first kappa shape index (κ1) is 15.0. The van der Waals surface area contributed by atoms with E-state index in [4.69, 9.17) is 9.84 Å². The SMILES string of the molecule is Cc1ccccc1OCCCC(=O)N[C@H](C)C(=O)O. The summed E-state index contributed by atoms with van der Waals surface area (Å²) in [6, 6.07) is 6.80. The van der Waals surface area contributed by atoms with Crippen molar-refractivity contribution in [1.29, 1.82) is 0 Å². The molecule has 19 heavy (non-hydrogen) atoms. The molecule has 5 nitrogen and oxygen atoms in total. The lowest BCUT2D eigenvalue weighted by atomic mass is 10.2. The fourth-order valence-corrected chi connectivity index (χ4v) is 1.51. The second kappa shape index (κ2) is 7.41. The second-order valence-electron chi connectivity index (χ2n) is 4.34. The Balaban J connectivity index is 2.23. The quantitative estimate of drug-likeness (QED) is 0.736. The molecule has 0 aliphatic carbocycles. The molecule has 0 aliphatic heterocycles. The summed E-state index contributed by atoms with van der Waals surface area (Å²) >= 11 is 0. The number of ether oxygens (including phenoxy) is 1. The number of carbonyl (C=O) groups excluding carboxylic acids is 1. The summed E-state index contributed by atoms with van der Waals surface area (Å²) in [5.74, 6) is -0.505. The minimum Gasteiger partial charge on any atom is -0.493 e. The van der Waals surface area contributed by atoms with E-state index in [1.54, 1.807) is 0 Å². The number of carbonyl (C=O) groups is 2. The summed E-state index contributed by atoms with van der Waals surface area (Å²) in [6.07, 6.45) is 0.802. The van der Waals surface area contributed by atoms with Gasteiger partial charge in [-0.1, -0.05) is 18.2 Å². The number of rotatable bonds is 7. The fraction of sp³-hybridized carbons (Fsp3) is 0.429. The molecule has 1 rings (SSSR count). The Labute approximate surface area is 112 Å². The topological polar surface area (TPSA) is 75.6 Å². The Morgan fingerprint density at radius 3 is 2.68 bits per heavy atom. The van der Waals surface area contributed by atoms with Crippen molar-refractivity contribution in [2.24, 2.45) is 0 Å². The van der Waals surface area contributed by atoms with Crippen LogP contribution in [-0.2, 0) is 9.59 Å². The molecule has 1 aromatic carbocycles. The monoisotopic (exact) mass is 265 g/mol. The molecular weight excluding hydrogens is 246 g/mol. The first-order chi connectivity index (χ1) is 9.00. The average molecular weight is 265 g/mol. The number of aliphatic carboxylic acids is 1. The predicted molar refractivity (Wildman–Crippen MR) is 71.1 cm³/mol. The third-order valence-corrected chi connectivity index (χ3v) is 2.65. The van der Waals surface area contributed by atoms with Crippen molar-refractivity contribution in [2.45, 2.75) is 32.7 Å². The number of nitrogens with one attached hydrogen (secondary N) is 1. The first-order valence-electron chi connectivity index (χ1n) is 6.21. The normalized spacial score (nSPS) is 11.7. The summed E-state index contributed by atoms with van der Waals surface area (Å²) in [5, 5.41) is 11.0. The molecule has 5 heteroatoms. The van der Waals surface area contributed by atoms with E-state index in [1.165, 1.54) is 6.92 Å². The number of hydrogen-bond acceptors (Lipinski definition) is 3. The Bertz CT molecular complexity index is 445. The van der Waals surface area contributed by atoms with Gasteiger partial charge in [0.25, 0.3) is 0 Å². The van der Waals surface area contributed by atoms with Gasteiger partial charge in [-0.05, 0) is 31.9 Å². The number of carboxylic acids is 1. The smallest absolute Gasteiger partial charge is 0.325 e. The van der Waals surface area contributed by atoms with Crippen molar-refractivity contribution < 1.29 is 19.4 Å². The zero-order valence-corrected chi connectivity index (χ0v) is 11.2. The van der Waals surface area contributed by atoms with Crippen LogP contribution in [0.15, 0.2) is 24.3 Å². The maximum absolute atomic E-state index is 11.4. The molecule has 0 aliphatic rings. The van der Waals surface area contributed by atoms with Crippen molar-refractivity contribution in [1.82, 2.24) is 5.32 Å². The summed E-state index contributed by atoms with van der Waals surface area (Å²) in [4.78, 5) is 22.0. The summed E-state index contributed by atoms with van der Waals surface area (Å²) in [7, 11) is 0. The van der Waals surface area contributed by atoms with Crippen LogP contribution in [0.1, 0.15) is 25.3 Å². The van der Waals surface area contributed by atoms with E-state index in [-0.39, 0.29) is 12.3 Å². The van der Waals surface area contributed by atoms with Gasteiger partial charge in [0.05, 0.1) is 6.61 Å². The highest BCUT2D eigenvalue weighted by atomic mass is 16.5. The molecule has 2 N–H and O–H groups in total. The molecule has 0 saturated heterocycles. The molecule has 1 aromatic rings. The molecule has 0 spiro atoms. The zero-order valence-electron chi connectivity index (χ0n) is 11.2. The van der Waals surface area contributed by atoms with Crippen LogP contribution in [0.2, 0.25) is 0 Å². The summed E-state index contributed by atoms with van der Waals surface area (Å²) in [6.45, 7) is 3.82. The van der Waals surface area contributed by atoms with Crippen LogP contribution in [0, 0.1) is 6.92 Å². The molecule has 0 saturated carbocycles. The van der Waals surface area contributed by atoms with Crippen LogP contribution < -0.4 is 10.1 Å². The number of carboxylic acid groups (broad SMARTS) is 1. The first-order valence-corrected chi connectivity index (χ1v) is 6.21. The number of para-hydroxylation sites is 1. The molecule has 0 radical (unpaired) electrons. The molecular formula is C14H19NO4. The van der Waals surface area contributed by atoms with Crippen LogP contribution in [0.25, 0.3) is 0 Å². The van der Waals surface area contributed by atoms with Gasteiger partial charge in [0.1, 0.15) is 11.8 Å². The Hall–Kier alpha value is -2.04. The van der Waals surface area contributed by atoms with E-state index in [0.717, 1.165) is 11.3 Å². The molecule has 1 atom stereocenters. The van der Waals surface area contributed by atoms with Gasteiger partial charge in [0, 0.05) is 6.42 Å². The summed E-state index contributed by atoms with van der Waals surface area (Å²) in [5.41, 5.74) is 1.05. The molecule has 0 aromatic heterocycles. The number of aryl methyl sites for hydroxylation is 1. The molecule has 104 valence electrons. The van der Waals surface area contributed by atoms with Gasteiger partial charge in [0.15, 0.2) is 0 Å². The Morgan fingerprint density at radius 1 is 1.37 bits per heavy atom. The van der Waals surface area contributed by atoms with Gasteiger partial charge in [-0.25, -0.2) is 0 Å². The standard InChI is InChI=1S/C14H19NO4/c1-10-6-3-4-7-12(10)19-9-5-8-13(16)15-11(2)14(17)18/h3-4,6-7,11H,5,8-9H2,1-2H3,(H,15,16)(H,17,18)/t11-/m1/s1. The van der Waals surface area contributed by atoms with E-state index in [1.807, 2.05) is 31.2 Å². The van der Waals surface area contributed by atoms with E-state index in [9.17, 15) is 9.59 Å². The van der Waals surface area contributed by atoms with Crippen molar-refractivity contribution in [3.05, 3.63) is 29.8 Å². The zero-order chi connectivity index (χ0) is 14.3. The van der Waals surface area contributed by atoms with Crippen LogP contribution >= 0.6 is 0 Å². The summed E-state index contributed by atoms with van der Waals surface area (Å²) < 4.78 is 5.54. The van der Waals surface area contributed by atoms with Crippen molar-refractivity contribution in [3.63, 3.8) is 0 Å². The van der Waals surface area contributed by atoms with Crippen molar-refractivity contribution in [2.75, 3.05) is 6.61 Å². The second-order valence-corrected chi connectivity index (χ2v) is 4.34. The average Bonchev–Trinajstić information content (AvgIpc) is 2.36. The number of amides is 1. The maximum Gasteiger partial charge on any atom is 0.325 e. The Kier molecular flexibility index (Phi) is 5.85. The van der Waals surface area contributed by atoms with Gasteiger partial charge in [-0.2, -0.15) is 0 Å². The van der Waals surface area contributed by atoms with Crippen molar-refractivity contribution >= 4 is 11.9 Å². The number of benzene rings is 1. The lowest BCUT2D eigenvalue weighted by molar-refractivity contribution is -0.141. The van der Waals surface area contributed by atoms with Crippen LogP contribution in [0.3, 0.4) is 0 Å². The van der Waals surface area contributed by atoms with Crippen LogP contribution in [-0.4, -0.2) is 29.6 Å². The van der Waals surface area contributed by atoms with Gasteiger partial charge in [-0.3, -0.25) is 9.59 Å². The predicted octanol–water partition coefficient (Wildman–Crippen LogP) is 1.74. The van der Waals surface area contributed by atoms with Gasteiger partial charge >= 0.3 is 5.97 Å². The Morgan fingerprint density at radius 2 is 2.05 bits per heavy atom. The van der Waals surface area contributed by atoms with E-state index in [2.05, 4.69) is 5.32 Å². The largest absolute Gasteiger partial charge is 0.493 e. The lowest BCUT2D eigenvalue weighted by Gasteiger charge is -2.10. The molecule has 1 amide bonds. The van der Waals surface area contributed by atoms with E-state index < -0.39 is 12.0 Å². The van der Waals surface area contributed by atoms with Crippen molar-refractivity contribution in [3.8, 4) is 5.75 Å². The van der Waals surface area contributed by atoms with Gasteiger partial charge < -0.3 is 15.2 Å². The van der Waals surface area contributed by atoms with Gasteiger partial charge in [0.2, 0.25) is 5.91 Å². The van der Waals surface area contributed by atoms with Crippen LogP contribution in [0.4, 0.5) is 0 Å². The highest BCUT2D eigenvalue weighted by Crippen LogP contribution is 2.16. The minimum absolute atomic E-state index is 0.253. The minimum atomic E-state index is -1.04. The van der Waals surface area contributed by atoms with E-state index >= 15 is 0 Å².